The summed E-state index contributed by atoms with van der Waals surface area (Å²) in [7, 11) is 4.29. The van der Waals surface area contributed by atoms with Crippen LogP contribution in [-0.2, 0) is 0 Å². The van der Waals surface area contributed by atoms with Crippen molar-refractivity contribution in [3.05, 3.63) is 0 Å². The number of rotatable bonds is 11. The first kappa shape index (κ1) is 16.9. The van der Waals surface area contributed by atoms with Crippen molar-refractivity contribution < 1.29 is 0 Å². The van der Waals surface area contributed by atoms with Gasteiger partial charge in [0.2, 0.25) is 0 Å². The van der Waals surface area contributed by atoms with Crippen molar-refractivity contribution in [3.8, 4) is 0 Å². The van der Waals surface area contributed by atoms with E-state index in [1.165, 1.54) is 32.4 Å². The summed E-state index contributed by atoms with van der Waals surface area (Å²) in [5.41, 5.74) is 0. The van der Waals surface area contributed by atoms with Crippen LogP contribution < -0.4 is 5.32 Å². The minimum Gasteiger partial charge on any atom is -0.315 e. The molecule has 0 saturated heterocycles. The van der Waals surface area contributed by atoms with Crippen LogP contribution in [0.5, 0.6) is 0 Å². The van der Waals surface area contributed by atoms with Crippen LogP contribution in [0.15, 0.2) is 0 Å². The van der Waals surface area contributed by atoms with Gasteiger partial charge in [-0.15, -0.1) is 0 Å². The normalized spacial score (nSPS) is 13.6. The van der Waals surface area contributed by atoms with Crippen molar-refractivity contribution in [1.82, 2.24) is 15.1 Å². The van der Waals surface area contributed by atoms with Crippen molar-refractivity contribution >= 4 is 0 Å². The minimum absolute atomic E-state index is 0.645. The van der Waals surface area contributed by atoms with Gasteiger partial charge in [-0.05, 0) is 47.0 Å². The predicted octanol–water partition coefficient (Wildman–Crippen LogP) is 2.04. The average Bonchev–Trinajstić information content (AvgIpc) is 2.29. The van der Waals surface area contributed by atoms with Gasteiger partial charge in [0.15, 0.2) is 0 Å². The van der Waals surface area contributed by atoms with Crippen molar-refractivity contribution in [1.29, 1.82) is 0 Å². The Morgan fingerprint density at radius 2 is 1.71 bits per heavy atom. The zero-order valence-electron chi connectivity index (χ0n) is 12.6. The number of likely N-dealkylation sites (N-methyl/N-ethyl adjacent to an activating group) is 1. The zero-order chi connectivity index (χ0) is 13.1. The molecule has 17 heavy (non-hydrogen) atoms. The van der Waals surface area contributed by atoms with Crippen LogP contribution in [0.25, 0.3) is 0 Å². The lowest BCUT2D eigenvalue weighted by Crippen LogP contribution is -2.43. The van der Waals surface area contributed by atoms with Gasteiger partial charge < -0.3 is 10.2 Å². The topological polar surface area (TPSA) is 18.5 Å². The Balaban J connectivity index is 3.83. The standard InChI is InChI=1S/C14H33N3/c1-6-8-9-15-13-14(3)17(10-7-2)12-11-16(4)5/h14-15H,6-13H2,1-5H3. The Bertz CT molecular complexity index is 160. The third kappa shape index (κ3) is 9.57. The first-order chi connectivity index (χ1) is 8.11. The lowest BCUT2D eigenvalue weighted by molar-refractivity contribution is 0.185. The molecule has 0 amide bonds. The second-order valence-corrected chi connectivity index (χ2v) is 5.25. The van der Waals surface area contributed by atoms with Crippen LogP contribution in [0.2, 0.25) is 0 Å². The van der Waals surface area contributed by atoms with E-state index in [2.05, 4.69) is 50.0 Å². The highest BCUT2D eigenvalue weighted by atomic mass is 15.2. The fourth-order valence-electron chi connectivity index (χ4n) is 1.91. The van der Waals surface area contributed by atoms with Gasteiger partial charge >= 0.3 is 0 Å². The Hall–Kier alpha value is -0.120. The summed E-state index contributed by atoms with van der Waals surface area (Å²) in [6.07, 6.45) is 3.81. The molecule has 0 radical (unpaired) electrons. The van der Waals surface area contributed by atoms with Crippen LogP contribution in [-0.4, -0.2) is 62.7 Å². The lowest BCUT2D eigenvalue weighted by atomic mass is 10.2. The van der Waals surface area contributed by atoms with Gasteiger partial charge in [0, 0.05) is 25.7 Å². The molecule has 0 fully saturated rings. The highest BCUT2D eigenvalue weighted by molar-refractivity contribution is 4.70. The van der Waals surface area contributed by atoms with Crippen LogP contribution in [0.3, 0.4) is 0 Å². The number of hydrogen-bond donors (Lipinski definition) is 1. The molecular formula is C14H33N3. The fourth-order valence-corrected chi connectivity index (χ4v) is 1.91. The summed E-state index contributed by atoms with van der Waals surface area (Å²) in [4.78, 5) is 4.86. The van der Waals surface area contributed by atoms with E-state index in [9.17, 15) is 0 Å². The number of nitrogens with one attached hydrogen (secondary N) is 1. The van der Waals surface area contributed by atoms with E-state index in [0.717, 1.165) is 19.6 Å². The van der Waals surface area contributed by atoms with Crippen LogP contribution >= 0.6 is 0 Å². The smallest absolute Gasteiger partial charge is 0.0192 e. The van der Waals surface area contributed by atoms with Gasteiger partial charge in [-0.3, -0.25) is 4.90 Å². The van der Waals surface area contributed by atoms with Crippen LogP contribution in [0.4, 0.5) is 0 Å². The largest absolute Gasteiger partial charge is 0.315 e. The second-order valence-electron chi connectivity index (χ2n) is 5.25. The molecule has 1 atom stereocenters. The maximum atomic E-state index is 3.56. The molecule has 0 aliphatic rings. The van der Waals surface area contributed by atoms with Gasteiger partial charge in [0.05, 0.1) is 0 Å². The molecule has 104 valence electrons. The zero-order valence-corrected chi connectivity index (χ0v) is 12.6. The third-order valence-corrected chi connectivity index (χ3v) is 3.12. The van der Waals surface area contributed by atoms with Crippen molar-refractivity contribution in [2.24, 2.45) is 0 Å². The Kier molecular flexibility index (Phi) is 10.9. The minimum atomic E-state index is 0.645. The molecule has 0 aromatic rings. The second kappa shape index (κ2) is 11.0. The molecule has 1 N–H and O–H groups in total. The first-order valence-electron chi connectivity index (χ1n) is 7.21. The van der Waals surface area contributed by atoms with E-state index in [0.29, 0.717) is 6.04 Å². The Morgan fingerprint density at radius 1 is 1.00 bits per heavy atom. The molecule has 0 rings (SSSR count). The molecule has 1 unspecified atom stereocenters. The molecule has 0 aromatic heterocycles. The molecular weight excluding hydrogens is 210 g/mol. The maximum Gasteiger partial charge on any atom is 0.0192 e. The summed E-state index contributed by atoms with van der Waals surface area (Å²) in [5.74, 6) is 0. The van der Waals surface area contributed by atoms with Gasteiger partial charge in [-0.1, -0.05) is 20.3 Å². The van der Waals surface area contributed by atoms with Gasteiger partial charge in [-0.2, -0.15) is 0 Å². The van der Waals surface area contributed by atoms with Crippen LogP contribution in [0.1, 0.15) is 40.0 Å². The van der Waals surface area contributed by atoms with Crippen molar-refractivity contribution in [3.63, 3.8) is 0 Å². The third-order valence-electron chi connectivity index (χ3n) is 3.12. The monoisotopic (exact) mass is 243 g/mol. The van der Waals surface area contributed by atoms with E-state index in [-0.39, 0.29) is 0 Å². The quantitative estimate of drug-likeness (QED) is 0.560. The Labute approximate surface area is 109 Å². The SMILES string of the molecule is CCCCNCC(C)N(CCC)CCN(C)C. The number of nitrogens with zero attached hydrogens (tertiary/aromatic N) is 2. The fraction of sp³-hybridized carbons (Fsp3) is 1.00. The molecule has 3 nitrogen and oxygen atoms in total. The highest BCUT2D eigenvalue weighted by Gasteiger charge is 2.12. The molecule has 0 bridgehead atoms. The van der Waals surface area contributed by atoms with Crippen LogP contribution in [0, 0.1) is 0 Å². The van der Waals surface area contributed by atoms with Crippen molar-refractivity contribution in [2.75, 3.05) is 46.8 Å². The van der Waals surface area contributed by atoms with Crippen molar-refractivity contribution in [2.45, 2.75) is 46.1 Å². The molecule has 0 aromatic carbocycles. The molecule has 3 heteroatoms. The van der Waals surface area contributed by atoms with Gasteiger partial charge in [0.25, 0.3) is 0 Å². The summed E-state index contributed by atoms with van der Waals surface area (Å²) in [6, 6.07) is 0.645. The highest BCUT2D eigenvalue weighted by Crippen LogP contribution is 2.00. The van der Waals surface area contributed by atoms with Gasteiger partial charge in [0.1, 0.15) is 0 Å². The summed E-state index contributed by atoms with van der Waals surface area (Å²) in [5, 5.41) is 3.56. The summed E-state index contributed by atoms with van der Waals surface area (Å²) in [6.45, 7) is 12.7. The van der Waals surface area contributed by atoms with E-state index < -0.39 is 0 Å². The molecule has 0 spiro atoms. The van der Waals surface area contributed by atoms with E-state index >= 15 is 0 Å². The predicted molar refractivity (Wildman–Crippen MR) is 77.7 cm³/mol. The Morgan fingerprint density at radius 3 is 2.24 bits per heavy atom. The number of unbranched alkanes of at least 4 members (excludes halogenated alkanes) is 1. The average molecular weight is 243 g/mol. The summed E-state index contributed by atoms with van der Waals surface area (Å²) < 4.78 is 0. The van der Waals surface area contributed by atoms with E-state index in [4.69, 9.17) is 0 Å². The maximum absolute atomic E-state index is 3.56. The lowest BCUT2D eigenvalue weighted by Gasteiger charge is -2.30. The molecule has 0 aliphatic heterocycles. The molecule has 0 aliphatic carbocycles. The first-order valence-corrected chi connectivity index (χ1v) is 7.21. The van der Waals surface area contributed by atoms with E-state index in [1.54, 1.807) is 0 Å². The van der Waals surface area contributed by atoms with E-state index in [1.807, 2.05) is 0 Å². The molecule has 0 saturated carbocycles. The van der Waals surface area contributed by atoms with Gasteiger partial charge in [-0.25, -0.2) is 0 Å². The number of hydrogen-bond acceptors (Lipinski definition) is 3. The summed E-state index contributed by atoms with van der Waals surface area (Å²) >= 11 is 0. The molecule has 0 heterocycles.